The Morgan fingerprint density at radius 1 is 1.29 bits per heavy atom. The molecule has 0 saturated heterocycles. The molecule has 0 aliphatic heterocycles. The number of hydrogen-bond donors (Lipinski definition) is 0. The minimum Gasteiger partial charge on any atom is -0.469 e. The molecule has 0 N–H and O–H groups in total. The van der Waals surface area contributed by atoms with E-state index >= 15 is 0 Å². The topological polar surface area (TPSA) is 26.3 Å². The predicted octanol–water partition coefficient (Wildman–Crippen LogP) is 2.38. The molecule has 2 bridgehead atoms. The Morgan fingerprint density at radius 3 is 2.21 bits per heavy atom. The third kappa shape index (κ3) is 1.09. The van der Waals surface area contributed by atoms with Gasteiger partial charge in [-0.1, -0.05) is 0 Å². The highest BCUT2D eigenvalue weighted by atomic mass is 19.3. The number of alkyl halides is 2. The van der Waals surface area contributed by atoms with Crippen molar-refractivity contribution < 1.29 is 18.3 Å². The molecule has 4 heteroatoms. The Kier molecular flexibility index (Phi) is 2.05. The third-order valence-corrected chi connectivity index (χ3v) is 3.97. The van der Waals surface area contributed by atoms with Crippen LogP contribution in [0.25, 0.3) is 0 Å². The molecule has 0 heterocycles. The molecule has 2 aliphatic rings. The highest BCUT2D eigenvalue weighted by molar-refractivity contribution is 5.78. The number of ether oxygens (including phenoxy) is 1. The summed E-state index contributed by atoms with van der Waals surface area (Å²) in [6.45, 7) is 0. The van der Waals surface area contributed by atoms with Gasteiger partial charge in [0.05, 0.1) is 12.5 Å². The van der Waals surface area contributed by atoms with Crippen LogP contribution < -0.4 is 0 Å². The third-order valence-electron chi connectivity index (χ3n) is 3.97. The van der Waals surface area contributed by atoms with Crippen LogP contribution in [0.5, 0.6) is 0 Å². The van der Waals surface area contributed by atoms with Crippen LogP contribution in [0.3, 0.4) is 0 Å². The van der Waals surface area contributed by atoms with E-state index in [0.29, 0.717) is 32.1 Å². The molecule has 0 aromatic carbocycles. The average Bonchev–Trinajstić information content (AvgIpc) is 2.74. The van der Waals surface area contributed by atoms with Gasteiger partial charge in [0.2, 0.25) is 6.43 Å². The van der Waals surface area contributed by atoms with Crippen LogP contribution in [0.4, 0.5) is 8.78 Å². The maximum atomic E-state index is 12.8. The summed E-state index contributed by atoms with van der Waals surface area (Å²) >= 11 is 0. The van der Waals surface area contributed by atoms with E-state index in [-0.39, 0.29) is 5.97 Å². The molecule has 2 rings (SSSR count). The van der Waals surface area contributed by atoms with E-state index in [9.17, 15) is 13.6 Å². The lowest BCUT2D eigenvalue weighted by Crippen LogP contribution is -2.27. The van der Waals surface area contributed by atoms with Gasteiger partial charge in [-0.25, -0.2) is 8.78 Å². The fourth-order valence-corrected chi connectivity index (χ4v) is 3.04. The van der Waals surface area contributed by atoms with Crippen LogP contribution in [-0.4, -0.2) is 19.5 Å². The van der Waals surface area contributed by atoms with Crippen LogP contribution in [-0.2, 0) is 9.53 Å². The average molecular weight is 204 g/mol. The number of carbonyl (C=O) groups is 1. The molecule has 2 aliphatic carbocycles. The maximum Gasteiger partial charge on any atom is 0.311 e. The van der Waals surface area contributed by atoms with Gasteiger partial charge in [0.1, 0.15) is 0 Å². The van der Waals surface area contributed by atoms with E-state index in [1.54, 1.807) is 0 Å². The second kappa shape index (κ2) is 2.91. The number of methoxy groups -OCH3 is 1. The summed E-state index contributed by atoms with van der Waals surface area (Å²) in [4.78, 5) is 11.5. The Bertz CT molecular complexity index is 255. The minimum absolute atomic E-state index is 0.294. The number of esters is 1. The van der Waals surface area contributed by atoms with Crippen LogP contribution in [0.2, 0.25) is 0 Å². The molecular formula is C10H14F2O2. The summed E-state index contributed by atoms with van der Waals surface area (Å²) in [6.07, 6.45) is 0.120. The largest absolute Gasteiger partial charge is 0.469 e. The number of rotatable bonds is 2. The number of halogens is 2. The van der Waals surface area contributed by atoms with Crippen LogP contribution in [0.1, 0.15) is 32.1 Å². The number of fused-ring (bicyclic) bond motifs is 2. The monoisotopic (exact) mass is 204 g/mol. The van der Waals surface area contributed by atoms with Crippen molar-refractivity contribution in [3.63, 3.8) is 0 Å². The van der Waals surface area contributed by atoms with Gasteiger partial charge in [-0.3, -0.25) is 4.79 Å². The van der Waals surface area contributed by atoms with E-state index in [4.69, 9.17) is 4.74 Å². The maximum absolute atomic E-state index is 12.8. The fourth-order valence-electron chi connectivity index (χ4n) is 3.04. The molecule has 0 atom stereocenters. The number of hydrogen-bond acceptors (Lipinski definition) is 2. The Balaban J connectivity index is 2.20. The molecule has 0 unspecified atom stereocenters. The Labute approximate surface area is 81.6 Å². The summed E-state index contributed by atoms with van der Waals surface area (Å²) in [7, 11) is 1.33. The smallest absolute Gasteiger partial charge is 0.311 e. The lowest BCUT2D eigenvalue weighted by atomic mass is 9.82. The van der Waals surface area contributed by atoms with E-state index in [2.05, 4.69) is 0 Å². The van der Waals surface area contributed by atoms with Crippen molar-refractivity contribution in [2.24, 2.45) is 10.8 Å². The zero-order chi connectivity index (χ0) is 10.4. The quantitative estimate of drug-likeness (QED) is 0.645. The normalized spacial score (nSPS) is 40.6. The van der Waals surface area contributed by atoms with Crippen LogP contribution in [0.15, 0.2) is 0 Å². The van der Waals surface area contributed by atoms with Gasteiger partial charge < -0.3 is 4.74 Å². The van der Waals surface area contributed by atoms with Crippen molar-refractivity contribution in [2.45, 2.75) is 38.5 Å². The predicted molar refractivity (Wildman–Crippen MR) is 46.0 cm³/mol. The van der Waals surface area contributed by atoms with Gasteiger partial charge in [-0.2, -0.15) is 0 Å². The highest BCUT2D eigenvalue weighted by Gasteiger charge is 2.62. The summed E-state index contributed by atoms with van der Waals surface area (Å²) in [6, 6.07) is 0. The zero-order valence-electron chi connectivity index (χ0n) is 8.19. The summed E-state index contributed by atoms with van der Waals surface area (Å²) < 4.78 is 30.3. The summed E-state index contributed by atoms with van der Waals surface area (Å²) in [5.41, 5.74) is -1.46. The molecule has 80 valence electrons. The molecule has 0 amide bonds. The summed E-state index contributed by atoms with van der Waals surface area (Å²) in [5.74, 6) is -0.294. The number of carbonyl (C=O) groups excluding carboxylic acids is 1. The second-order valence-corrected chi connectivity index (χ2v) is 4.61. The van der Waals surface area contributed by atoms with Gasteiger partial charge in [0.15, 0.2) is 0 Å². The molecule has 0 aromatic rings. The van der Waals surface area contributed by atoms with Crippen molar-refractivity contribution in [3.05, 3.63) is 0 Å². The lowest BCUT2D eigenvalue weighted by molar-refractivity contribution is -0.152. The zero-order valence-corrected chi connectivity index (χ0v) is 8.19. The molecule has 0 radical (unpaired) electrons. The van der Waals surface area contributed by atoms with Crippen LogP contribution in [0, 0.1) is 10.8 Å². The molecule has 0 spiro atoms. The van der Waals surface area contributed by atoms with Gasteiger partial charge in [0.25, 0.3) is 0 Å². The van der Waals surface area contributed by atoms with Crippen LogP contribution >= 0.6 is 0 Å². The molecule has 14 heavy (non-hydrogen) atoms. The molecule has 2 nitrogen and oxygen atoms in total. The molecule has 2 fully saturated rings. The van der Waals surface area contributed by atoms with E-state index < -0.39 is 17.3 Å². The molecule has 0 aromatic heterocycles. The fraction of sp³-hybridized carbons (Fsp3) is 0.900. The Morgan fingerprint density at radius 2 is 1.86 bits per heavy atom. The van der Waals surface area contributed by atoms with E-state index in [1.807, 2.05) is 0 Å². The first kappa shape index (κ1) is 9.87. The summed E-state index contributed by atoms with van der Waals surface area (Å²) in [5, 5.41) is 0. The van der Waals surface area contributed by atoms with Crippen molar-refractivity contribution in [2.75, 3.05) is 7.11 Å². The van der Waals surface area contributed by atoms with Crippen molar-refractivity contribution in [1.82, 2.24) is 0 Å². The first-order valence-corrected chi connectivity index (χ1v) is 4.91. The molecule has 2 saturated carbocycles. The standard InChI is InChI=1S/C10H14F2O2/c1-14-8(13)10-4-2-9(6-10,3-5-10)7(11)12/h7H,2-6H2,1H3. The first-order chi connectivity index (χ1) is 6.55. The highest BCUT2D eigenvalue weighted by Crippen LogP contribution is 2.64. The van der Waals surface area contributed by atoms with Gasteiger partial charge in [-0.05, 0) is 32.1 Å². The van der Waals surface area contributed by atoms with Gasteiger partial charge in [0, 0.05) is 5.41 Å². The lowest BCUT2D eigenvalue weighted by Gasteiger charge is -2.25. The van der Waals surface area contributed by atoms with Crippen molar-refractivity contribution in [3.8, 4) is 0 Å². The second-order valence-electron chi connectivity index (χ2n) is 4.61. The SMILES string of the molecule is COC(=O)C12CCC(C(F)F)(CC1)C2. The first-order valence-electron chi connectivity index (χ1n) is 4.91. The van der Waals surface area contributed by atoms with Gasteiger partial charge in [-0.15, -0.1) is 0 Å². The van der Waals surface area contributed by atoms with Gasteiger partial charge >= 0.3 is 5.97 Å². The van der Waals surface area contributed by atoms with E-state index in [1.165, 1.54) is 7.11 Å². The molecular weight excluding hydrogens is 190 g/mol. The minimum atomic E-state index is -2.29. The Hall–Kier alpha value is -0.670. The van der Waals surface area contributed by atoms with Crippen molar-refractivity contribution >= 4 is 5.97 Å². The van der Waals surface area contributed by atoms with Crippen molar-refractivity contribution in [1.29, 1.82) is 0 Å². The van der Waals surface area contributed by atoms with E-state index in [0.717, 1.165) is 0 Å².